The Kier molecular flexibility index (Phi) is 6.20. The zero-order valence-electron chi connectivity index (χ0n) is 18.0. The number of hydrazone groups is 1. The van der Waals surface area contributed by atoms with Crippen LogP contribution in [-0.4, -0.2) is 29.4 Å². The number of allylic oxidation sites excluding steroid dienone is 1. The number of hydrogen-bond acceptors (Lipinski definition) is 5. The van der Waals surface area contributed by atoms with E-state index in [-0.39, 0.29) is 17.5 Å². The molecule has 1 N–H and O–H groups in total. The van der Waals surface area contributed by atoms with Gasteiger partial charge in [-0.2, -0.15) is 10.4 Å². The number of halogens is 1. The molecule has 2 unspecified atom stereocenters. The Morgan fingerprint density at radius 2 is 2.19 bits per heavy atom. The number of fused-ring (bicyclic) bond motifs is 3. The van der Waals surface area contributed by atoms with Gasteiger partial charge >= 0.3 is 5.97 Å². The number of ether oxygens (including phenoxy) is 1. The Bertz CT molecular complexity index is 1170. The van der Waals surface area contributed by atoms with Crippen LogP contribution in [0.5, 0.6) is 5.75 Å². The monoisotopic (exact) mass is 449 g/mol. The van der Waals surface area contributed by atoms with Crippen molar-refractivity contribution in [2.75, 3.05) is 11.6 Å². The van der Waals surface area contributed by atoms with Crippen LogP contribution in [0.1, 0.15) is 54.6 Å². The number of nitriles is 1. The van der Waals surface area contributed by atoms with Crippen LogP contribution in [0.15, 0.2) is 53.1 Å². The summed E-state index contributed by atoms with van der Waals surface area (Å²) in [5, 5.41) is 25.8. The average Bonchev–Trinajstić information content (AvgIpc) is 3.18. The molecular weight excluding hydrogens is 426 g/mol. The van der Waals surface area contributed by atoms with Crippen LogP contribution in [0, 0.1) is 17.2 Å². The van der Waals surface area contributed by atoms with Gasteiger partial charge in [0.25, 0.3) is 0 Å². The fraction of sp³-hybridized carbons (Fsp3) is 0.320. The summed E-state index contributed by atoms with van der Waals surface area (Å²) in [6.07, 6.45) is 5.48. The number of unbranched alkanes of at least 4 members (excludes halogenated alkanes) is 2. The van der Waals surface area contributed by atoms with Gasteiger partial charge in [0.15, 0.2) is 0 Å². The minimum absolute atomic E-state index is 0.00882. The number of hydrogen-bond donors (Lipinski definition) is 1. The maximum absolute atomic E-state index is 11.4. The van der Waals surface area contributed by atoms with Crippen molar-refractivity contribution in [1.29, 1.82) is 5.26 Å². The molecule has 4 rings (SSSR count). The second-order valence-corrected chi connectivity index (χ2v) is 8.48. The molecule has 2 aliphatic rings. The average molecular weight is 450 g/mol. The largest absolute Gasteiger partial charge is 0.492 e. The number of carbonyl (C=O) groups is 1. The van der Waals surface area contributed by atoms with E-state index in [1.807, 2.05) is 11.1 Å². The summed E-state index contributed by atoms with van der Waals surface area (Å²) in [5.41, 5.74) is 4.27. The molecule has 2 heterocycles. The molecular formula is C25H24ClN3O3. The lowest BCUT2D eigenvalue weighted by molar-refractivity contribution is 0.0696. The predicted molar refractivity (Wildman–Crippen MR) is 125 cm³/mol. The number of benzene rings is 2. The fourth-order valence-electron chi connectivity index (χ4n) is 4.28. The SMILES string of the molecule is CCCC/C=C(\C)C1C2COc3cc(C(=O)O)ccc3C2=NN1c1ccc(C#N)c(Cl)c1. The lowest BCUT2D eigenvalue weighted by atomic mass is 9.85. The van der Waals surface area contributed by atoms with Crippen molar-refractivity contribution in [3.05, 3.63) is 69.8 Å². The molecule has 2 aromatic rings. The van der Waals surface area contributed by atoms with Crippen LogP contribution in [-0.2, 0) is 0 Å². The van der Waals surface area contributed by atoms with Gasteiger partial charge in [-0.25, -0.2) is 4.79 Å². The smallest absolute Gasteiger partial charge is 0.335 e. The number of carboxylic acids is 1. The van der Waals surface area contributed by atoms with Crippen LogP contribution in [0.3, 0.4) is 0 Å². The van der Waals surface area contributed by atoms with Gasteiger partial charge in [-0.1, -0.05) is 43.0 Å². The quantitative estimate of drug-likeness (QED) is 0.455. The van der Waals surface area contributed by atoms with Crippen molar-refractivity contribution in [2.24, 2.45) is 11.0 Å². The lowest BCUT2D eigenvalue weighted by Crippen LogP contribution is -2.39. The van der Waals surface area contributed by atoms with Crippen molar-refractivity contribution in [1.82, 2.24) is 0 Å². The van der Waals surface area contributed by atoms with Gasteiger partial charge in [0, 0.05) is 5.56 Å². The second kappa shape index (κ2) is 9.05. The molecule has 32 heavy (non-hydrogen) atoms. The van der Waals surface area contributed by atoms with Crippen LogP contribution in [0.2, 0.25) is 5.02 Å². The summed E-state index contributed by atoms with van der Waals surface area (Å²) >= 11 is 6.33. The topological polar surface area (TPSA) is 85.9 Å². The Balaban J connectivity index is 1.78. The first-order valence-electron chi connectivity index (χ1n) is 10.7. The van der Waals surface area contributed by atoms with E-state index in [4.69, 9.17) is 21.4 Å². The molecule has 0 spiro atoms. The van der Waals surface area contributed by atoms with Crippen LogP contribution in [0.25, 0.3) is 0 Å². The first-order valence-corrected chi connectivity index (χ1v) is 11.1. The summed E-state index contributed by atoms with van der Waals surface area (Å²) in [4.78, 5) is 11.4. The highest BCUT2D eigenvalue weighted by molar-refractivity contribution is 6.32. The first kappa shape index (κ1) is 21.9. The normalized spacial score (nSPS) is 19.5. The molecule has 2 aromatic carbocycles. The van der Waals surface area contributed by atoms with Gasteiger partial charge < -0.3 is 9.84 Å². The van der Waals surface area contributed by atoms with Gasteiger partial charge in [0.05, 0.1) is 46.1 Å². The van der Waals surface area contributed by atoms with Crippen LogP contribution >= 0.6 is 11.6 Å². The third kappa shape index (κ3) is 3.96. The number of rotatable bonds is 6. The first-order chi connectivity index (χ1) is 15.4. The number of carboxylic acid groups (broad SMARTS) is 1. The van der Waals surface area contributed by atoms with E-state index in [1.165, 1.54) is 5.57 Å². The molecule has 0 aliphatic carbocycles. The number of nitrogens with zero attached hydrogens (tertiary/aromatic N) is 3. The highest BCUT2D eigenvalue weighted by Gasteiger charge is 2.43. The summed E-state index contributed by atoms with van der Waals surface area (Å²) < 4.78 is 6.01. The molecule has 7 heteroatoms. The number of anilines is 1. The Morgan fingerprint density at radius 3 is 2.88 bits per heavy atom. The molecule has 2 atom stereocenters. The molecule has 0 amide bonds. The molecule has 0 saturated carbocycles. The van der Waals surface area contributed by atoms with Gasteiger partial charge in [-0.3, -0.25) is 5.01 Å². The summed E-state index contributed by atoms with van der Waals surface area (Å²) in [7, 11) is 0. The minimum atomic E-state index is -0.992. The third-order valence-corrected chi connectivity index (χ3v) is 6.28. The Hall–Kier alpha value is -3.30. The van der Waals surface area contributed by atoms with Crippen molar-refractivity contribution >= 4 is 29.0 Å². The fourth-order valence-corrected chi connectivity index (χ4v) is 4.50. The van der Waals surface area contributed by atoms with Gasteiger partial charge in [-0.15, -0.1) is 0 Å². The van der Waals surface area contributed by atoms with E-state index >= 15 is 0 Å². The predicted octanol–water partition coefficient (Wildman–Crippen LogP) is 5.65. The Morgan fingerprint density at radius 1 is 1.38 bits per heavy atom. The van der Waals surface area contributed by atoms with E-state index in [0.717, 1.165) is 36.2 Å². The van der Waals surface area contributed by atoms with Crippen molar-refractivity contribution in [2.45, 2.75) is 39.2 Å². The molecule has 6 nitrogen and oxygen atoms in total. The van der Waals surface area contributed by atoms with E-state index < -0.39 is 5.97 Å². The van der Waals surface area contributed by atoms with Crippen molar-refractivity contribution in [3.63, 3.8) is 0 Å². The minimum Gasteiger partial charge on any atom is -0.492 e. The second-order valence-electron chi connectivity index (χ2n) is 8.07. The Labute approximate surface area is 192 Å². The standard InChI is InChI=1S/C25H24ClN3O3/c1-3-4-5-6-15(2)24-20-14-32-22-11-16(25(30)31)8-10-19(22)23(20)28-29(24)18-9-7-17(13-27)21(26)12-18/h6-12,20,24H,3-5,14H2,1-2H3,(H,30,31)/b15-6+. The van der Waals surface area contributed by atoms with Crippen LogP contribution < -0.4 is 9.75 Å². The zero-order valence-corrected chi connectivity index (χ0v) is 18.8. The summed E-state index contributed by atoms with van der Waals surface area (Å²) in [5.74, 6) is -0.468. The highest BCUT2D eigenvalue weighted by atomic mass is 35.5. The van der Waals surface area contributed by atoms with Gasteiger partial charge in [0.1, 0.15) is 11.8 Å². The molecule has 0 fully saturated rings. The lowest BCUT2D eigenvalue weighted by Gasteiger charge is -2.31. The molecule has 164 valence electrons. The summed E-state index contributed by atoms with van der Waals surface area (Å²) in [6.45, 7) is 4.68. The maximum Gasteiger partial charge on any atom is 0.335 e. The summed E-state index contributed by atoms with van der Waals surface area (Å²) in [6, 6.07) is 12.3. The molecule has 0 saturated heterocycles. The van der Waals surface area contributed by atoms with Crippen molar-refractivity contribution < 1.29 is 14.6 Å². The molecule has 0 bridgehead atoms. The third-order valence-electron chi connectivity index (χ3n) is 5.96. The molecule has 0 aromatic heterocycles. The van der Waals surface area contributed by atoms with E-state index in [2.05, 4.69) is 26.0 Å². The highest BCUT2D eigenvalue weighted by Crippen LogP contribution is 2.41. The molecule has 0 radical (unpaired) electrons. The van der Waals surface area contributed by atoms with E-state index in [1.54, 1.807) is 30.3 Å². The van der Waals surface area contributed by atoms with Gasteiger partial charge in [-0.05, 0) is 49.7 Å². The maximum atomic E-state index is 11.4. The van der Waals surface area contributed by atoms with Gasteiger partial charge in [0.2, 0.25) is 0 Å². The van der Waals surface area contributed by atoms with Crippen LogP contribution in [0.4, 0.5) is 5.69 Å². The van der Waals surface area contributed by atoms with E-state index in [0.29, 0.717) is 22.9 Å². The molecule has 2 aliphatic heterocycles. The van der Waals surface area contributed by atoms with E-state index in [9.17, 15) is 15.2 Å². The zero-order chi connectivity index (χ0) is 22.8. The van der Waals surface area contributed by atoms with Crippen molar-refractivity contribution in [3.8, 4) is 11.8 Å². The number of aromatic carboxylic acids is 1.